The van der Waals surface area contributed by atoms with E-state index in [9.17, 15) is 21.6 Å². The van der Waals surface area contributed by atoms with E-state index in [4.69, 9.17) is 11.6 Å². The topological polar surface area (TPSA) is 55.4 Å². The van der Waals surface area contributed by atoms with Crippen molar-refractivity contribution in [3.63, 3.8) is 0 Å². The standard InChI is InChI=1S/C19H19ClF3NO3S/c20-15-7-5-14(6-8-15)18(13-3-1-2-4-13)24-28(25,26)17-11-9-16(10-12-17)27-19(21,22)23/h5-13,18,24H,1-4H2/t18-/m0/s1. The van der Waals surface area contributed by atoms with Gasteiger partial charge in [0.05, 0.1) is 4.90 Å². The van der Waals surface area contributed by atoms with Crippen LogP contribution in [0.15, 0.2) is 53.4 Å². The van der Waals surface area contributed by atoms with Crippen LogP contribution in [-0.4, -0.2) is 14.8 Å². The predicted octanol–water partition coefficient (Wildman–Crippen LogP) is 5.45. The Balaban J connectivity index is 1.83. The maximum absolute atomic E-state index is 12.8. The highest BCUT2D eigenvalue weighted by atomic mass is 35.5. The smallest absolute Gasteiger partial charge is 0.406 e. The number of rotatable bonds is 6. The van der Waals surface area contributed by atoms with E-state index in [1.807, 2.05) is 0 Å². The fourth-order valence-corrected chi connectivity index (χ4v) is 4.87. The number of hydrogen-bond donors (Lipinski definition) is 1. The van der Waals surface area contributed by atoms with Gasteiger partial charge < -0.3 is 4.74 Å². The average molecular weight is 434 g/mol. The SMILES string of the molecule is O=S(=O)(N[C@H](c1ccc(Cl)cc1)C1CCCC1)c1ccc(OC(F)(F)F)cc1. The first-order valence-corrected chi connectivity index (χ1v) is 10.6. The summed E-state index contributed by atoms with van der Waals surface area (Å²) in [5, 5.41) is 0.553. The minimum Gasteiger partial charge on any atom is -0.406 e. The fraction of sp³-hybridized carbons (Fsp3) is 0.368. The van der Waals surface area contributed by atoms with E-state index in [1.165, 1.54) is 0 Å². The zero-order valence-corrected chi connectivity index (χ0v) is 16.3. The molecule has 1 aliphatic rings. The van der Waals surface area contributed by atoms with Gasteiger partial charge in [0, 0.05) is 11.1 Å². The molecule has 2 aromatic rings. The van der Waals surface area contributed by atoms with E-state index in [1.54, 1.807) is 24.3 Å². The Morgan fingerprint density at radius 1 is 1.00 bits per heavy atom. The van der Waals surface area contributed by atoms with Crippen LogP contribution in [0.25, 0.3) is 0 Å². The summed E-state index contributed by atoms with van der Waals surface area (Å²) in [6.07, 6.45) is -0.983. The number of sulfonamides is 1. The van der Waals surface area contributed by atoms with Gasteiger partial charge in [-0.1, -0.05) is 36.6 Å². The molecule has 152 valence electrons. The van der Waals surface area contributed by atoms with Crippen molar-refractivity contribution in [1.82, 2.24) is 4.72 Å². The molecule has 1 N–H and O–H groups in total. The van der Waals surface area contributed by atoms with Crippen molar-refractivity contribution in [1.29, 1.82) is 0 Å². The highest BCUT2D eigenvalue weighted by molar-refractivity contribution is 7.89. The van der Waals surface area contributed by atoms with E-state index in [0.717, 1.165) is 55.5 Å². The highest BCUT2D eigenvalue weighted by Crippen LogP contribution is 2.37. The minimum absolute atomic E-state index is 0.126. The monoisotopic (exact) mass is 433 g/mol. The van der Waals surface area contributed by atoms with Gasteiger partial charge in [0.15, 0.2) is 0 Å². The Hall–Kier alpha value is -1.77. The predicted molar refractivity (Wildman–Crippen MR) is 99.6 cm³/mol. The fourth-order valence-electron chi connectivity index (χ4n) is 3.45. The number of benzene rings is 2. The molecular weight excluding hydrogens is 415 g/mol. The molecule has 28 heavy (non-hydrogen) atoms. The van der Waals surface area contributed by atoms with Crippen molar-refractivity contribution in [3.8, 4) is 5.75 Å². The van der Waals surface area contributed by atoms with Crippen molar-refractivity contribution in [2.45, 2.75) is 43.0 Å². The molecule has 0 spiro atoms. The molecule has 3 rings (SSSR count). The van der Waals surface area contributed by atoms with Gasteiger partial charge in [0.1, 0.15) is 5.75 Å². The molecule has 0 unspecified atom stereocenters. The van der Waals surface area contributed by atoms with E-state index < -0.39 is 28.2 Å². The van der Waals surface area contributed by atoms with E-state index in [-0.39, 0.29) is 10.8 Å². The molecule has 1 fully saturated rings. The first kappa shape index (κ1) is 21.0. The van der Waals surface area contributed by atoms with Gasteiger partial charge >= 0.3 is 6.36 Å². The second-order valence-electron chi connectivity index (χ2n) is 6.71. The van der Waals surface area contributed by atoms with Crippen molar-refractivity contribution in [2.24, 2.45) is 5.92 Å². The lowest BCUT2D eigenvalue weighted by atomic mass is 9.93. The summed E-state index contributed by atoms with van der Waals surface area (Å²) in [4.78, 5) is -0.126. The van der Waals surface area contributed by atoms with E-state index >= 15 is 0 Å². The Bertz CT molecular complexity index is 894. The number of ether oxygens (including phenoxy) is 1. The number of alkyl halides is 3. The van der Waals surface area contributed by atoms with Crippen LogP contribution in [-0.2, 0) is 10.0 Å². The van der Waals surface area contributed by atoms with Gasteiger partial charge in [-0.05, 0) is 60.7 Å². The van der Waals surface area contributed by atoms with Crippen molar-refractivity contribution < 1.29 is 26.3 Å². The Kier molecular flexibility index (Phi) is 6.21. The summed E-state index contributed by atoms with van der Waals surface area (Å²) in [5.74, 6) is -0.333. The van der Waals surface area contributed by atoms with Crippen molar-refractivity contribution in [2.75, 3.05) is 0 Å². The van der Waals surface area contributed by atoms with E-state index in [0.29, 0.717) is 5.02 Å². The van der Waals surface area contributed by atoms with Crippen LogP contribution >= 0.6 is 11.6 Å². The molecule has 0 radical (unpaired) electrons. The van der Waals surface area contributed by atoms with Crippen LogP contribution < -0.4 is 9.46 Å². The first-order chi connectivity index (χ1) is 13.1. The van der Waals surface area contributed by atoms with Gasteiger partial charge in [0.2, 0.25) is 10.0 Å². The third kappa shape index (κ3) is 5.40. The van der Waals surface area contributed by atoms with Gasteiger partial charge in [-0.3, -0.25) is 0 Å². The van der Waals surface area contributed by atoms with Gasteiger partial charge in [-0.2, -0.15) is 0 Å². The van der Waals surface area contributed by atoms with Crippen LogP contribution in [0.5, 0.6) is 5.75 Å². The van der Waals surface area contributed by atoms with Crippen molar-refractivity contribution in [3.05, 3.63) is 59.1 Å². The average Bonchev–Trinajstić information content (AvgIpc) is 3.14. The number of halogens is 4. The largest absolute Gasteiger partial charge is 0.573 e. The molecule has 0 aromatic heterocycles. The van der Waals surface area contributed by atoms with Gasteiger partial charge in [-0.25, -0.2) is 13.1 Å². The molecule has 0 amide bonds. The third-order valence-electron chi connectivity index (χ3n) is 4.75. The maximum Gasteiger partial charge on any atom is 0.573 e. The second-order valence-corrected chi connectivity index (χ2v) is 8.86. The molecule has 9 heteroatoms. The molecule has 2 aromatic carbocycles. The molecule has 0 aliphatic heterocycles. The highest BCUT2D eigenvalue weighted by Gasteiger charge is 2.32. The zero-order valence-electron chi connectivity index (χ0n) is 14.7. The molecule has 1 saturated carbocycles. The normalized spacial score (nSPS) is 16.9. The van der Waals surface area contributed by atoms with E-state index in [2.05, 4.69) is 9.46 Å². The quantitative estimate of drug-likeness (QED) is 0.659. The molecule has 4 nitrogen and oxygen atoms in total. The Morgan fingerprint density at radius 2 is 1.57 bits per heavy atom. The first-order valence-electron chi connectivity index (χ1n) is 8.78. The molecule has 0 heterocycles. The lowest BCUT2D eigenvalue weighted by molar-refractivity contribution is -0.274. The van der Waals surface area contributed by atoms with Gasteiger partial charge in [-0.15, -0.1) is 13.2 Å². The van der Waals surface area contributed by atoms with Gasteiger partial charge in [0.25, 0.3) is 0 Å². The Labute approximate surface area is 166 Å². The molecule has 0 saturated heterocycles. The maximum atomic E-state index is 12.8. The molecule has 0 bridgehead atoms. The Morgan fingerprint density at radius 3 is 2.11 bits per heavy atom. The number of hydrogen-bond acceptors (Lipinski definition) is 3. The minimum atomic E-state index is -4.83. The number of nitrogens with one attached hydrogen (secondary N) is 1. The lowest BCUT2D eigenvalue weighted by Crippen LogP contribution is -2.32. The summed E-state index contributed by atoms with van der Waals surface area (Å²) in [7, 11) is -3.94. The van der Waals surface area contributed by atoms with Crippen LogP contribution in [0.1, 0.15) is 37.3 Å². The van der Waals surface area contributed by atoms with Crippen molar-refractivity contribution >= 4 is 21.6 Å². The summed E-state index contributed by atoms with van der Waals surface area (Å²) < 4.78 is 69.0. The van der Waals surface area contributed by atoms with Crippen LogP contribution in [0, 0.1) is 5.92 Å². The van der Waals surface area contributed by atoms with Crippen LogP contribution in [0.2, 0.25) is 5.02 Å². The van der Waals surface area contributed by atoms with Crippen LogP contribution in [0.3, 0.4) is 0 Å². The van der Waals surface area contributed by atoms with Crippen LogP contribution in [0.4, 0.5) is 13.2 Å². The molecule has 1 atom stereocenters. The third-order valence-corrected chi connectivity index (χ3v) is 6.46. The second kappa shape index (κ2) is 8.31. The summed E-state index contributed by atoms with van der Waals surface area (Å²) in [6.45, 7) is 0. The molecular formula is C19H19ClF3NO3S. The lowest BCUT2D eigenvalue weighted by Gasteiger charge is -2.25. The summed E-state index contributed by atoms with van der Waals surface area (Å²) in [6, 6.07) is 10.7. The summed E-state index contributed by atoms with van der Waals surface area (Å²) in [5.41, 5.74) is 0.803. The zero-order chi connectivity index (χ0) is 20.4. The summed E-state index contributed by atoms with van der Waals surface area (Å²) >= 11 is 5.94. The molecule has 1 aliphatic carbocycles.